The molecule has 1 amide bonds. The van der Waals surface area contributed by atoms with Gasteiger partial charge in [-0.2, -0.15) is 0 Å². The highest BCUT2D eigenvalue weighted by Crippen LogP contribution is 2.29. The predicted molar refractivity (Wildman–Crippen MR) is 109 cm³/mol. The number of H-pyrrole nitrogens is 1. The first kappa shape index (κ1) is 20.1. The van der Waals surface area contributed by atoms with Gasteiger partial charge in [0.05, 0.1) is 23.2 Å². The molecule has 0 fully saturated rings. The first-order valence-electron chi connectivity index (χ1n) is 8.38. The smallest absolute Gasteiger partial charge is 0.325 e. The van der Waals surface area contributed by atoms with Crippen molar-refractivity contribution in [2.24, 2.45) is 5.73 Å². The normalized spacial score (nSPS) is 15.6. The average Bonchev–Trinajstić information content (AvgIpc) is 3.22. The van der Waals surface area contributed by atoms with Gasteiger partial charge in [-0.3, -0.25) is 19.3 Å². The lowest BCUT2D eigenvalue weighted by Crippen LogP contribution is -2.50. The van der Waals surface area contributed by atoms with Crippen LogP contribution in [0.25, 0.3) is 10.2 Å². The maximum Gasteiger partial charge on any atom is 0.325 e. The average molecular weight is 420 g/mol. The van der Waals surface area contributed by atoms with Crippen molar-refractivity contribution < 1.29 is 19.1 Å². The van der Waals surface area contributed by atoms with Crippen LogP contribution in [-0.4, -0.2) is 42.8 Å². The zero-order chi connectivity index (χ0) is 20.3. The Kier molecular flexibility index (Phi) is 6.13. The molecule has 3 N–H and O–H groups in total. The summed E-state index contributed by atoms with van der Waals surface area (Å²) in [5.74, 6) is -0.698. The van der Waals surface area contributed by atoms with Gasteiger partial charge in [-0.05, 0) is 30.2 Å². The van der Waals surface area contributed by atoms with Gasteiger partial charge in [-0.25, -0.2) is 0 Å². The molecular formula is C19H18ClN3O4S. The number of para-hydroxylation sites is 1. The molecule has 9 heteroatoms. The lowest BCUT2D eigenvalue weighted by Gasteiger charge is -2.31. The summed E-state index contributed by atoms with van der Waals surface area (Å²) in [6, 6.07) is 10.5. The van der Waals surface area contributed by atoms with E-state index in [2.05, 4.69) is 9.72 Å². The fourth-order valence-corrected chi connectivity index (χ4v) is 4.06. The topological polar surface area (TPSA) is 105 Å². The zero-order valence-electron chi connectivity index (χ0n) is 15.0. The van der Waals surface area contributed by atoms with Crippen LogP contribution < -0.4 is 10.6 Å². The molecule has 1 aliphatic heterocycles. The number of benzene rings is 1. The van der Waals surface area contributed by atoms with Crippen molar-refractivity contribution in [1.29, 1.82) is 0 Å². The molecule has 1 unspecified atom stereocenters. The number of fused-ring (bicyclic) bond motifs is 2. The molecule has 0 spiro atoms. The summed E-state index contributed by atoms with van der Waals surface area (Å²) in [5, 5.41) is 1.00. The monoisotopic (exact) mass is 419 g/mol. The number of aldehydes is 1. The molecule has 1 aliphatic rings. The number of rotatable bonds is 3. The Morgan fingerprint density at radius 1 is 1.43 bits per heavy atom. The highest BCUT2D eigenvalue weighted by atomic mass is 35.5. The van der Waals surface area contributed by atoms with E-state index in [0.29, 0.717) is 12.1 Å². The summed E-state index contributed by atoms with van der Waals surface area (Å²) < 4.78 is 5.32. The number of hydrogen-bond acceptors (Lipinski definition) is 6. The third kappa shape index (κ3) is 4.24. The third-order valence-corrected chi connectivity index (χ3v) is 5.44. The Hall–Kier alpha value is -2.68. The van der Waals surface area contributed by atoms with Gasteiger partial charge in [0.25, 0.3) is 0 Å². The Balaban J connectivity index is 0.000000176. The molecular weight excluding hydrogens is 402 g/mol. The lowest BCUT2D eigenvalue weighted by atomic mass is 9.98. The van der Waals surface area contributed by atoms with Gasteiger partial charge < -0.3 is 15.5 Å². The Bertz CT molecular complexity index is 998. The number of aromatic nitrogens is 1. The molecule has 28 heavy (non-hydrogen) atoms. The van der Waals surface area contributed by atoms with Crippen LogP contribution in [0.2, 0.25) is 4.34 Å². The number of aromatic amines is 1. The number of anilines is 1. The van der Waals surface area contributed by atoms with Gasteiger partial charge in [0.2, 0.25) is 5.91 Å². The van der Waals surface area contributed by atoms with Gasteiger partial charge in [0, 0.05) is 11.1 Å². The number of nitrogens with one attached hydrogen (secondary N) is 1. The second-order valence-electron chi connectivity index (χ2n) is 6.12. The number of methoxy groups -OCH3 is 1. The zero-order valence-corrected chi connectivity index (χ0v) is 16.5. The van der Waals surface area contributed by atoms with Gasteiger partial charge in [0.1, 0.15) is 11.4 Å². The molecule has 2 aromatic heterocycles. The van der Waals surface area contributed by atoms with E-state index in [1.807, 2.05) is 30.3 Å². The van der Waals surface area contributed by atoms with Crippen molar-refractivity contribution >= 4 is 57.0 Å². The minimum absolute atomic E-state index is 0.0972. The Labute approximate surface area is 170 Å². The fraction of sp³-hybridized carbons (Fsp3) is 0.211. The van der Waals surface area contributed by atoms with Crippen LogP contribution >= 0.6 is 22.9 Å². The number of nitrogens with zero attached hydrogens (tertiary/aromatic N) is 1. The number of hydrogen-bond donors (Lipinski definition) is 2. The summed E-state index contributed by atoms with van der Waals surface area (Å²) in [5.41, 5.74) is 8.07. The fourth-order valence-electron chi connectivity index (χ4n) is 2.92. The molecule has 0 radical (unpaired) electrons. The molecule has 4 rings (SSSR count). The van der Waals surface area contributed by atoms with E-state index in [-0.39, 0.29) is 12.5 Å². The number of carbonyl (C=O) groups excluding carboxylic acids is 3. The minimum Gasteiger partial charge on any atom is -0.468 e. The van der Waals surface area contributed by atoms with Crippen molar-refractivity contribution in [2.45, 2.75) is 12.5 Å². The van der Waals surface area contributed by atoms with Crippen molar-refractivity contribution in [2.75, 3.05) is 18.6 Å². The van der Waals surface area contributed by atoms with Gasteiger partial charge in [0.15, 0.2) is 6.29 Å². The number of nitrogens with two attached hydrogens (primary N) is 1. The largest absolute Gasteiger partial charge is 0.468 e. The lowest BCUT2D eigenvalue weighted by molar-refractivity contribution is -0.140. The van der Waals surface area contributed by atoms with Crippen LogP contribution in [0.4, 0.5) is 5.69 Å². The summed E-state index contributed by atoms with van der Waals surface area (Å²) in [4.78, 5) is 38.8. The van der Waals surface area contributed by atoms with E-state index in [1.54, 1.807) is 6.07 Å². The minimum atomic E-state index is -0.588. The van der Waals surface area contributed by atoms with E-state index in [0.717, 1.165) is 32.1 Å². The molecule has 0 saturated heterocycles. The molecule has 1 aromatic carbocycles. The second kappa shape index (κ2) is 8.55. The summed E-state index contributed by atoms with van der Waals surface area (Å²) >= 11 is 7.17. The Morgan fingerprint density at radius 2 is 2.18 bits per heavy atom. The maximum absolute atomic E-state index is 11.9. The first-order chi connectivity index (χ1) is 13.4. The van der Waals surface area contributed by atoms with Crippen LogP contribution in [0, 0.1) is 0 Å². The first-order valence-corrected chi connectivity index (χ1v) is 9.57. The van der Waals surface area contributed by atoms with Crippen LogP contribution in [0.3, 0.4) is 0 Å². The second-order valence-corrected chi connectivity index (χ2v) is 7.80. The highest BCUT2D eigenvalue weighted by Gasteiger charge is 2.31. The van der Waals surface area contributed by atoms with Crippen molar-refractivity contribution in [3.8, 4) is 0 Å². The van der Waals surface area contributed by atoms with Crippen LogP contribution in [0.1, 0.15) is 16.1 Å². The van der Waals surface area contributed by atoms with Crippen LogP contribution in [0.5, 0.6) is 0 Å². The molecule has 146 valence electrons. The molecule has 0 aliphatic carbocycles. The van der Waals surface area contributed by atoms with E-state index in [1.165, 1.54) is 23.3 Å². The standard InChI is InChI=1S/C12H14N2O3.C7H4ClNOS/c1-17-11(15)7-14-10-5-3-2-4-8(10)6-9(13)12(14)16;8-6-2-4-1-5(3-10)9-7(4)11-6/h2-5,9H,6-7,13H2,1H3;1-3,9H. The van der Waals surface area contributed by atoms with Crippen molar-refractivity contribution in [3.63, 3.8) is 0 Å². The summed E-state index contributed by atoms with van der Waals surface area (Å²) in [6.07, 6.45) is 1.30. The van der Waals surface area contributed by atoms with Gasteiger partial charge >= 0.3 is 5.97 Å². The SMILES string of the molecule is COC(=O)CN1C(=O)C(N)Cc2ccccc21.O=Cc1cc2cc(Cl)sc2[nH]1. The molecule has 0 bridgehead atoms. The van der Waals surface area contributed by atoms with Crippen molar-refractivity contribution in [1.82, 2.24) is 4.98 Å². The van der Waals surface area contributed by atoms with Gasteiger partial charge in [-0.1, -0.05) is 29.8 Å². The Morgan fingerprint density at radius 3 is 2.86 bits per heavy atom. The molecule has 1 atom stereocenters. The molecule has 3 heterocycles. The molecule has 3 aromatic rings. The predicted octanol–water partition coefficient (Wildman–Crippen LogP) is 2.77. The number of amides is 1. The number of ether oxygens (including phenoxy) is 1. The summed E-state index contributed by atoms with van der Waals surface area (Å²) in [7, 11) is 1.29. The van der Waals surface area contributed by atoms with E-state index < -0.39 is 12.0 Å². The maximum atomic E-state index is 11.9. The quantitative estimate of drug-likeness (QED) is 0.501. The summed E-state index contributed by atoms with van der Waals surface area (Å²) in [6.45, 7) is -0.0972. The number of halogens is 1. The van der Waals surface area contributed by atoms with Crippen molar-refractivity contribution in [3.05, 3.63) is 52.0 Å². The highest BCUT2D eigenvalue weighted by molar-refractivity contribution is 7.22. The number of thiophene rings is 1. The van der Waals surface area contributed by atoms with E-state index >= 15 is 0 Å². The molecule has 7 nitrogen and oxygen atoms in total. The number of carbonyl (C=O) groups is 3. The number of esters is 1. The van der Waals surface area contributed by atoms with E-state index in [4.69, 9.17) is 17.3 Å². The van der Waals surface area contributed by atoms with Gasteiger partial charge in [-0.15, -0.1) is 11.3 Å². The van der Waals surface area contributed by atoms with E-state index in [9.17, 15) is 14.4 Å². The van der Waals surface area contributed by atoms with Crippen LogP contribution in [0.15, 0.2) is 36.4 Å². The molecule has 0 saturated carbocycles. The van der Waals surface area contributed by atoms with Crippen LogP contribution in [-0.2, 0) is 20.7 Å². The third-order valence-electron chi connectivity index (χ3n) is 4.25.